The van der Waals surface area contributed by atoms with Gasteiger partial charge in [0.25, 0.3) is 0 Å². The molecule has 8 nitrogen and oxygen atoms in total. The van der Waals surface area contributed by atoms with Gasteiger partial charge in [-0.05, 0) is 67.0 Å². The summed E-state index contributed by atoms with van der Waals surface area (Å²) in [5.74, 6) is 1.76. The summed E-state index contributed by atoms with van der Waals surface area (Å²) in [6, 6.07) is 13.3. The number of hydrogen-bond donors (Lipinski definition) is 3. The Kier molecular flexibility index (Phi) is 6.57. The highest BCUT2D eigenvalue weighted by atomic mass is 19.1. The van der Waals surface area contributed by atoms with Gasteiger partial charge in [0, 0.05) is 35.9 Å². The highest BCUT2D eigenvalue weighted by molar-refractivity contribution is 5.94. The predicted octanol–water partition coefficient (Wildman–Crippen LogP) is 5.91. The molecule has 1 saturated heterocycles. The second-order valence-corrected chi connectivity index (χ2v) is 11.1. The van der Waals surface area contributed by atoms with Crippen LogP contribution in [0.3, 0.4) is 0 Å². The molecule has 3 N–H and O–H groups in total. The molecular weight excluding hydrogens is 491 g/mol. The Morgan fingerprint density at radius 2 is 1.95 bits per heavy atom. The number of aromatic nitrogens is 4. The minimum Gasteiger partial charge on any atom is -0.366 e. The molecule has 4 aromatic rings. The summed E-state index contributed by atoms with van der Waals surface area (Å²) in [5, 5.41) is 20.4. The van der Waals surface area contributed by atoms with Crippen LogP contribution in [0, 0.1) is 22.6 Å². The number of fused-ring (bicyclic) bond motifs is 1. The molecule has 0 unspecified atom stereocenters. The van der Waals surface area contributed by atoms with Crippen LogP contribution in [0.2, 0.25) is 0 Å². The number of rotatable bonds is 6. The zero-order valence-corrected chi connectivity index (χ0v) is 22.1. The maximum absolute atomic E-state index is 14.5. The summed E-state index contributed by atoms with van der Waals surface area (Å²) < 4.78 is 14.5. The molecule has 9 heteroatoms. The Morgan fingerprint density at radius 3 is 2.69 bits per heavy atom. The summed E-state index contributed by atoms with van der Waals surface area (Å²) in [5.41, 5.74) is 3.20. The average molecular weight is 523 g/mol. The van der Waals surface area contributed by atoms with Crippen molar-refractivity contribution in [3.05, 3.63) is 65.7 Å². The Hall–Kier alpha value is -4.16. The summed E-state index contributed by atoms with van der Waals surface area (Å²) in [4.78, 5) is 18.4. The topological polar surface area (TPSA) is 111 Å². The van der Waals surface area contributed by atoms with Crippen LogP contribution >= 0.6 is 0 Å². The Bertz CT molecular complexity index is 1570. The fourth-order valence-electron chi connectivity index (χ4n) is 5.46. The predicted molar refractivity (Wildman–Crippen MR) is 150 cm³/mol. The van der Waals surface area contributed by atoms with Crippen molar-refractivity contribution in [1.82, 2.24) is 25.3 Å². The largest absolute Gasteiger partial charge is 0.366 e. The smallest absolute Gasteiger partial charge is 0.167 e. The molecule has 0 radical (unpaired) electrons. The molecule has 39 heavy (non-hydrogen) atoms. The number of pyridine rings is 2. The van der Waals surface area contributed by atoms with Crippen LogP contribution in [0.1, 0.15) is 56.6 Å². The molecule has 1 saturated carbocycles. The van der Waals surface area contributed by atoms with Crippen molar-refractivity contribution in [2.45, 2.75) is 51.5 Å². The molecule has 0 bridgehead atoms. The maximum Gasteiger partial charge on any atom is 0.167 e. The van der Waals surface area contributed by atoms with Gasteiger partial charge in [-0.1, -0.05) is 32.4 Å². The fraction of sp³-hybridized carbons (Fsp3) is 0.367. The number of piperidine rings is 1. The average Bonchev–Trinajstić information content (AvgIpc) is 2.90. The van der Waals surface area contributed by atoms with Gasteiger partial charge in [0.2, 0.25) is 0 Å². The van der Waals surface area contributed by atoms with Gasteiger partial charge in [-0.3, -0.25) is 0 Å². The SMILES string of the molecule is CC1(C)CNCC[C@@H]1Nc1nc(-c2ccnc(Nc3ncc(C#N)cc3F)c2)nc2cccc(C3CCC3)c12. The lowest BCUT2D eigenvalue weighted by Crippen LogP contribution is -2.49. The third-order valence-electron chi connectivity index (χ3n) is 7.98. The summed E-state index contributed by atoms with van der Waals surface area (Å²) in [6.07, 6.45) is 7.61. The van der Waals surface area contributed by atoms with E-state index >= 15 is 0 Å². The van der Waals surface area contributed by atoms with Crippen LogP contribution < -0.4 is 16.0 Å². The van der Waals surface area contributed by atoms with E-state index in [0.717, 1.165) is 47.9 Å². The van der Waals surface area contributed by atoms with E-state index in [1.54, 1.807) is 12.3 Å². The third-order valence-corrected chi connectivity index (χ3v) is 7.98. The van der Waals surface area contributed by atoms with Crippen molar-refractivity contribution >= 4 is 28.4 Å². The first-order valence-corrected chi connectivity index (χ1v) is 13.5. The lowest BCUT2D eigenvalue weighted by molar-refractivity contribution is 0.236. The van der Waals surface area contributed by atoms with Crippen LogP contribution in [0.4, 0.5) is 21.8 Å². The standard InChI is InChI=1S/C30H31FN8/c1-30(2)17-33-11-10-24(30)37-29-26-21(19-5-3-6-19)7-4-8-23(26)36-27(39-29)20-9-12-34-25(14-20)38-28-22(31)13-18(15-32)16-35-28/h4,7-9,12-14,16,19,24,33H,3,5-6,10-11,17H2,1-2H3,(H,34,35,38)(H,36,37,39)/t24-/m0/s1. The van der Waals surface area contributed by atoms with Crippen molar-refractivity contribution in [1.29, 1.82) is 5.26 Å². The second kappa shape index (κ2) is 10.2. The minimum absolute atomic E-state index is 0.00119. The van der Waals surface area contributed by atoms with Gasteiger partial charge in [0.15, 0.2) is 17.5 Å². The zero-order valence-electron chi connectivity index (χ0n) is 22.1. The van der Waals surface area contributed by atoms with Gasteiger partial charge in [0.05, 0.1) is 11.1 Å². The van der Waals surface area contributed by atoms with E-state index in [9.17, 15) is 4.39 Å². The number of nitrogens with zero attached hydrogens (tertiary/aromatic N) is 5. The number of anilines is 3. The quantitative estimate of drug-likeness (QED) is 0.287. The third kappa shape index (κ3) is 5.00. The van der Waals surface area contributed by atoms with Crippen LogP contribution in [0.5, 0.6) is 0 Å². The van der Waals surface area contributed by atoms with Crippen LogP contribution in [0.25, 0.3) is 22.3 Å². The van der Waals surface area contributed by atoms with Gasteiger partial charge in [-0.2, -0.15) is 5.26 Å². The van der Waals surface area contributed by atoms with E-state index in [1.165, 1.54) is 31.0 Å². The fourth-order valence-corrected chi connectivity index (χ4v) is 5.46. The van der Waals surface area contributed by atoms with E-state index < -0.39 is 5.82 Å². The number of nitriles is 1. The van der Waals surface area contributed by atoms with Gasteiger partial charge in [0.1, 0.15) is 17.7 Å². The van der Waals surface area contributed by atoms with Crippen molar-refractivity contribution < 1.29 is 4.39 Å². The molecule has 0 spiro atoms. The molecule has 1 aromatic carbocycles. The second-order valence-electron chi connectivity index (χ2n) is 11.1. The molecule has 1 atom stereocenters. The Balaban J connectivity index is 1.41. The molecular formula is C30H31FN8. The maximum atomic E-state index is 14.5. The zero-order chi connectivity index (χ0) is 27.0. The normalized spacial score (nSPS) is 18.8. The van der Waals surface area contributed by atoms with Crippen LogP contribution in [-0.4, -0.2) is 39.1 Å². The molecule has 2 aliphatic rings. The lowest BCUT2D eigenvalue weighted by atomic mass is 9.78. The highest BCUT2D eigenvalue weighted by Crippen LogP contribution is 2.42. The van der Waals surface area contributed by atoms with Crippen molar-refractivity contribution in [2.24, 2.45) is 5.41 Å². The summed E-state index contributed by atoms with van der Waals surface area (Å²) in [6.45, 7) is 6.47. The summed E-state index contributed by atoms with van der Waals surface area (Å²) >= 11 is 0. The molecule has 0 amide bonds. The molecule has 6 rings (SSSR count). The van der Waals surface area contributed by atoms with E-state index in [2.05, 4.69) is 58.0 Å². The van der Waals surface area contributed by atoms with Gasteiger partial charge in [-0.25, -0.2) is 24.3 Å². The minimum atomic E-state index is -0.622. The van der Waals surface area contributed by atoms with Gasteiger partial charge < -0.3 is 16.0 Å². The van der Waals surface area contributed by atoms with Gasteiger partial charge >= 0.3 is 0 Å². The molecule has 1 aliphatic carbocycles. The first kappa shape index (κ1) is 25.1. The Morgan fingerprint density at radius 1 is 1.08 bits per heavy atom. The van der Waals surface area contributed by atoms with Crippen molar-refractivity contribution in [3.63, 3.8) is 0 Å². The Labute approximate surface area is 227 Å². The van der Waals surface area contributed by atoms with Crippen molar-refractivity contribution in [2.75, 3.05) is 23.7 Å². The van der Waals surface area contributed by atoms with E-state index in [-0.39, 0.29) is 22.8 Å². The molecule has 198 valence electrons. The molecule has 1 aliphatic heterocycles. The van der Waals surface area contributed by atoms with Crippen LogP contribution in [-0.2, 0) is 0 Å². The number of nitrogens with one attached hydrogen (secondary N) is 3. The first-order valence-electron chi connectivity index (χ1n) is 13.5. The monoisotopic (exact) mass is 522 g/mol. The highest BCUT2D eigenvalue weighted by Gasteiger charge is 2.33. The lowest BCUT2D eigenvalue weighted by Gasteiger charge is -2.40. The number of hydrogen-bond acceptors (Lipinski definition) is 8. The van der Waals surface area contributed by atoms with E-state index in [4.69, 9.17) is 15.2 Å². The number of benzene rings is 1. The van der Waals surface area contributed by atoms with Crippen LogP contribution in [0.15, 0.2) is 48.8 Å². The van der Waals surface area contributed by atoms with Crippen molar-refractivity contribution in [3.8, 4) is 17.5 Å². The number of halogens is 1. The molecule has 3 aromatic heterocycles. The van der Waals surface area contributed by atoms with Gasteiger partial charge in [-0.15, -0.1) is 0 Å². The van der Waals surface area contributed by atoms with E-state index in [0.29, 0.717) is 17.6 Å². The summed E-state index contributed by atoms with van der Waals surface area (Å²) in [7, 11) is 0. The van der Waals surface area contributed by atoms with E-state index in [1.807, 2.05) is 12.1 Å². The molecule has 2 fully saturated rings. The molecule has 4 heterocycles. The first-order chi connectivity index (χ1) is 18.9.